The van der Waals surface area contributed by atoms with E-state index in [1.165, 1.54) is 0 Å². The van der Waals surface area contributed by atoms with Gasteiger partial charge >= 0.3 is 0 Å². The van der Waals surface area contributed by atoms with Crippen molar-refractivity contribution in [2.45, 2.75) is 3.92 Å². The highest BCUT2D eigenvalue weighted by Crippen LogP contribution is 2.40. The molecule has 1 aromatic carbocycles. The number of carbonyl (C=O) groups is 1. The van der Waals surface area contributed by atoms with Crippen LogP contribution in [0.4, 0.5) is 0 Å². The van der Waals surface area contributed by atoms with Crippen LogP contribution in [0.15, 0.2) is 35.4 Å². The molecule has 0 N–H and O–H groups in total. The Morgan fingerprint density at radius 2 is 1.85 bits per heavy atom. The molecule has 1 unspecified atom stereocenters. The van der Waals surface area contributed by atoms with Crippen LogP contribution >= 0.6 is 34.2 Å². The first-order valence-corrected chi connectivity index (χ1v) is 5.47. The van der Waals surface area contributed by atoms with E-state index < -0.39 is 0 Å². The molecule has 66 valence electrons. The van der Waals surface area contributed by atoms with Crippen molar-refractivity contribution in [1.29, 1.82) is 0 Å². The predicted molar refractivity (Wildman–Crippen MR) is 62.0 cm³/mol. The molecule has 13 heavy (non-hydrogen) atoms. The largest absolute Gasteiger partial charge is 0.292 e. The Labute approximate surface area is 94.9 Å². The Hall–Kier alpha value is -0.350. The Bertz CT molecular complexity index is 383. The van der Waals surface area contributed by atoms with Gasteiger partial charge in [-0.05, 0) is 5.56 Å². The van der Waals surface area contributed by atoms with Gasteiger partial charge in [-0.15, -0.1) is 0 Å². The number of hydrogen-bond donors (Lipinski definition) is 0. The molecular weight excluding hydrogens is 298 g/mol. The highest BCUT2D eigenvalue weighted by atomic mass is 127. The van der Waals surface area contributed by atoms with E-state index in [0.29, 0.717) is 5.03 Å². The summed E-state index contributed by atoms with van der Waals surface area (Å²) in [5, 5.41) is 0.394. The van der Waals surface area contributed by atoms with Gasteiger partial charge in [-0.1, -0.05) is 64.5 Å². The first-order chi connectivity index (χ1) is 6.22. The number of ketones is 1. The van der Waals surface area contributed by atoms with Gasteiger partial charge in [0.25, 0.3) is 0 Å². The molecule has 1 aromatic rings. The lowest BCUT2D eigenvalue weighted by molar-refractivity contribution is -0.114. The van der Waals surface area contributed by atoms with Crippen molar-refractivity contribution in [3.8, 4) is 0 Å². The van der Waals surface area contributed by atoms with Crippen LogP contribution in [0.2, 0.25) is 0 Å². The van der Waals surface area contributed by atoms with Crippen molar-refractivity contribution in [1.82, 2.24) is 0 Å². The van der Waals surface area contributed by atoms with Crippen molar-refractivity contribution >= 4 is 45.5 Å². The van der Waals surface area contributed by atoms with E-state index in [9.17, 15) is 4.79 Å². The van der Waals surface area contributed by atoms with Crippen LogP contribution in [-0.2, 0) is 4.79 Å². The van der Waals surface area contributed by atoms with E-state index in [1.54, 1.807) is 0 Å². The first-order valence-electron chi connectivity index (χ1n) is 3.85. The molecule has 1 aliphatic carbocycles. The predicted octanol–water partition coefficient (Wildman–Crippen LogP) is 3.02. The number of benzene rings is 1. The van der Waals surface area contributed by atoms with Gasteiger partial charge in [0.1, 0.15) is 3.92 Å². The summed E-state index contributed by atoms with van der Waals surface area (Å²) in [5.74, 6) is 0.0427. The second-order valence-corrected chi connectivity index (χ2v) is 4.44. The Morgan fingerprint density at radius 3 is 2.38 bits per heavy atom. The third kappa shape index (κ3) is 1.42. The lowest BCUT2D eigenvalue weighted by Crippen LogP contribution is -2.27. The minimum atomic E-state index is -0.0625. The molecule has 0 radical (unpaired) electrons. The number of carbonyl (C=O) groups excluding carboxylic acids is 1. The lowest BCUT2D eigenvalue weighted by Gasteiger charge is -2.24. The molecule has 0 spiro atoms. The van der Waals surface area contributed by atoms with Crippen LogP contribution in [0.3, 0.4) is 0 Å². The minimum absolute atomic E-state index is 0.0427. The third-order valence-corrected chi connectivity index (χ3v) is 3.60. The van der Waals surface area contributed by atoms with E-state index in [-0.39, 0.29) is 9.71 Å². The lowest BCUT2D eigenvalue weighted by atomic mass is 9.90. The molecule has 0 saturated carbocycles. The zero-order valence-electron chi connectivity index (χ0n) is 6.63. The van der Waals surface area contributed by atoms with Crippen molar-refractivity contribution in [3.05, 3.63) is 40.9 Å². The zero-order valence-corrected chi connectivity index (χ0v) is 9.54. The average Bonchev–Trinajstić information content (AvgIpc) is 2.19. The Kier molecular flexibility index (Phi) is 2.43. The fraction of sp³-hybridized carbons (Fsp3) is 0.100. The van der Waals surface area contributed by atoms with Crippen LogP contribution in [-0.4, -0.2) is 9.71 Å². The number of hydrogen-bond acceptors (Lipinski definition) is 1. The van der Waals surface area contributed by atoms with Gasteiger partial charge in [-0.3, -0.25) is 4.79 Å². The molecule has 3 heteroatoms. The van der Waals surface area contributed by atoms with Crippen LogP contribution in [0.5, 0.6) is 0 Å². The summed E-state index contributed by atoms with van der Waals surface area (Å²) < 4.78 is -0.0625. The molecule has 0 heterocycles. The summed E-state index contributed by atoms with van der Waals surface area (Å²) in [6.07, 6.45) is 0. The van der Waals surface area contributed by atoms with Gasteiger partial charge in [0.15, 0.2) is 5.78 Å². The second kappa shape index (κ2) is 3.42. The molecule has 0 aromatic heterocycles. The van der Waals surface area contributed by atoms with E-state index in [0.717, 1.165) is 11.1 Å². The quantitative estimate of drug-likeness (QED) is 0.576. The van der Waals surface area contributed by atoms with Gasteiger partial charge in [-0.25, -0.2) is 0 Å². The smallest absolute Gasteiger partial charge is 0.191 e. The van der Waals surface area contributed by atoms with Crippen molar-refractivity contribution in [2.75, 3.05) is 0 Å². The first kappa shape index (κ1) is 9.21. The molecule has 0 fully saturated rings. The summed E-state index contributed by atoms with van der Waals surface area (Å²) in [6, 6.07) is 9.77. The van der Waals surface area contributed by atoms with Crippen molar-refractivity contribution < 1.29 is 4.79 Å². The van der Waals surface area contributed by atoms with Crippen molar-refractivity contribution in [2.24, 2.45) is 0 Å². The molecule has 1 atom stereocenters. The standard InChI is InChI=1S/C10H6ClIO/c11-8-7(9(12)10(8)13)6-4-2-1-3-5-6/h1-5,9H. The second-order valence-electron chi connectivity index (χ2n) is 2.82. The third-order valence-electron chi connectivity index (χ3n) is 2.02. The van der Waals surface area contributed by atoms with Crippen molar-refractivity contribution in [3.63, 3.8) is 0 Å². The molecule has 0 saturated heterocycles. The zero-order chi connectivity index (χ0) is 9.42. The fourth-order valence-corrected chi connectivity index (χ4v) is 2.98. The number of rotatable bonds is 1. The van der Waals surface area contributed by atoms with Crippen LogP contribution in [0.25, 0.3) is 5.57 Å². The molecule has 0 bridgehead atoms. The number of Topliss-reactive ketones (excluding diaryl/α,β-unsaturated/α-hetero) is 1. The summed E-state index contributed by atoms with van der Waals surface area (Å²) in [6.45, 7) is 0. The van der Waals surface area contributed by atoms with Gasteiger partial charge in [0.2, 0.25) is 0 Å². The molecule has 1 nitrogen and oxygen atoms in total. The summed E-state index contributed by atoms with van der Waals surface area (Å²) in [7, 11) is 0. The van der Waals surface area contributed by atoms with Crippen LogP contribution in [0, 0.1) is 0 Å². The van der Waals surface area contributed by atoms with Crippen LogP contribution in [0.1, 0.15) is 5.56 Å². The monoisotopic (exact) mass is 304 g/mol. The van der Waals surface area contributed by atoms with Gasteiger partial charge in [0, 0.05) is 5.57 Å². The summed E-state index contributed by atoms with van der Waals surface area (Å²) in [5.41, 5.74) is 2.01. The van der Waals surface area contributed by atoms with E-state index in [2.05, 4.69) is 22.6 Å². The number of halogens is 2. The topological polar surface area (TPSA) is 17.1 Å². The highest BCUT2D eigenvalue weighted by Gasteiger charge is 2.36. The van der Waals surface area contributed by atoms with Crippen LogP contribution < -0.4 is 0 Å². The fourth-order valence-electron chi connectivity index (χ4n) is 1.30. The van der Waals surface area contributed by atoms with Gasteiger partial charge < -0.3 is 0 Å². The number of alkyl halides is 1. The highest BCUT2D eigenvalue weighted by molar-refractivity contribution is 14.1. The van der Waals surface area contributed by atoms with E-state index in [4.69, 9.17) is 11.6 Å². The SMILES string of the molecule is O=C1C(Cl)=C(c2ccccc2)C1I. The maximum absolute atomic E-state index is 11.1. The molecule has 0 amide bonds. The van der Waals surface area contributed by atoms with Gasteiger partial charge in [-0.2, -0.15) is 0 Å². The molecular formula is C10H6ClIO. The number of allylic oxidation sites excluding steroid dienone is 2. The maximum atomic E-state index is 11.1. The summed E-state index contributed by atoms with van der Waals surface area (Å²) >= 11 is 7.93. The van der Waals surface area contributed by atoms with Gasteiger partial charge in [0.05, 0.1) is 5.03 Å². The average molecular weight is 305 g/mol. The summed E-state index contributed by atoms with van der Waals surface area (Å²) in [4.78, 5) is 11.1. The Morgan fingerprint density at radius 1 is 1.23 bits per heavy atom. The van der Waals surface area contributed by atoms with E-state index >= 15 is 0 Å². The van der Waals surface area contributed by atoms with E-state index in [1.807, 2.05) is 30.3 Å². The molecule has 0 aliphatic heterocycles. The minimum Gasteiger partial charge on any atom is -0.292 e. The Balaban J connectivity index is 2.45. The normalized spacial score (nSPS) is 21.7. The molecule has 1 aliphatic rings. The maximum Gasteiger partial charge on any atom is 0.191 e. The molecule has 2 rings (SSSR count).